The smallest absolute Gasteiger partial charge is 0.243 e. The minimum absolute atomic E-state index is 0.135. The SMILES string of the molecule is C1C2CC3CC1CC(C2)C3.CC(=O)NCC1CCCN1S(=O)(=O)c1ccccc1. The summed E-state index contributed by atoms with van der Waals surface area (Å²) in [5, 5.41) is 2.70. The van der Waals surface area contributed by atoms with E-state index < -0.39 is 10.0 Å². The fourth-order valence-corrected chi connectivity index (χ4v) is 8.02. The normalized spacial score (nSPS) is 33.2. The predicted octanol–water partition coefficient (Wildman–Crippen LogP) is 3.81. The van der Waals surface area contributed by atoms with Crippen molar-refractivity contribution >= 4 is 15.9 Å². The number of hydrogen-bond acceptors (Lipinski definition) is 3. The van der Waals surface area contributed by atoms with Crippen molar-refractivity contribution in [3.05, 3.63) is 30.3 Å². The Labute approximate surface area is 175 Å². The van der Waals surface area contributed by atoms with Crippen molar-refractivity contribution < 1.29 is 13.2 Å². The maximum absolute atomic E-state index is 12.5. The first-order valence-corrected chi connectivity index (χ1v) is 12.7. The molecule has 5 aliphatic rings. The molecule has 160 valence electrons. The van der Waals surface area contributed by atoms with E-state index in [9.17, 15) is 13.2 Å². The third-order valence-electron chi connectivity index (χ3n) is 7.26. The molecule has 6 heteroatoms. The van der Waals surface area contributed by atoms with Crippen molar-refractivity contribution in [2.45, 2.75) is 69.2 Å². The van der Waals surface area contributed by atoms with E-state index in [0.717, 1.165) is 12.8 Å². The van der Waals surface area contributed by atoms with E-state index in [0.29, 0.717) is 18.0 Å². The summed E-state index contributed by atoms with van der Waals surface area (Å²) in [4.78, 5) is 11.3. The van der Waals surface area contributed by atoms with Gasteiger partial charge in [-0.05, 0) is 87.2 Å². The van der Waals surface area contributed by atoms with Gasteiger partial charge in [0.15, 0.2) is 0 Å². The number of nitrogens with zero attached hydrogens (tertiary/aromatic N) is 1. The fraction of sp³-hybridized carbons (Fsp3) is 0.696. The van der Waals surface area contributed by atoms with Crippen LogP contribution in [0, 0.1) is 23.7 Å². The monoisotopic (exact) mass is 418 g/mol. The van der Waals surface area contributed by atoms with Crippen molar-refractivity contribution in [2.75, 3.05) is 13.1 Å². The summed E-state index contributed by atoms with van der Waals surface area (Å²) < 4.78 is 26.5. The molecule has 4 aliphatic carbocycles. The highest BCUT2D eigenvalue weighted by molar-refractivity contribution is 7.89. The van der Waals surface area contributed by atoms with Gasteiger partial charge in [-0.15, -0.1) is 0 Å². The summed E-state index contributed by atoms with van der Waals surface area (Å²) in [7, 11) is -3.45. The molecule has 4 saturated carbocycles. The lowest BCUT2D eigenvalue weighted by atomic mass is 9.56. The maximum atomic E-state index is 12.5. The number of benzene rings is 1. The second-order valence-corrected chi connectivity index (χ2v) is 11.4. The minimum atomic E-state index is -3.45. The van der Waals surface area contributed by atoms with Gasteiger partial charge in [-0.1, -0.05) is 18.2 Å². The van der Waals surface area contributed by atoms with Gasteiger partial charge in [-0.25, -0.2) is 8.42 Å². The molecule has 1 saturated heterocycles. The lowest BCUT2D eigenvalue weighted by Crippen LogP contribution is -2.42. The van der Waals surface area contributed by atoms with Gasteiger partial charge >= 0.3 is 0 Å². The standard InChI is InChI=1S/C13H18N2O3S.C10H16/c1-11(16)14-10-12-6-5-9-15(12)19(17,18)13-7-3-2-4-8-13;1-7-2-9-4-8(1)5-10(3-7)6-9/h2-4,7-8,12H,5-6,9-10H2,1H3,(H,14,16);7-10H,1-6H2. The Hall–Kier alpha value is -1.40. The Morgan fingerprint density at radius 2 is 1.48 bits per heavy atom. The fourth-order valence-electron chi connectivity index (χ4n) is 6.30. The van der Waals surface area contributed by atoms with E-state index in [1.807, 2.05) is 0 Å². The summed E-state index contributed by atoms with van der Waals surface area (Å²) in [6.07, 6.45) is 11.2. The van der Waals surface area contributed by atoms with Crippen LogP contribution >= 0.6 is 0 Å². The summed E-state index contributed by atoms with van der Waals surface area (Å²) in [6.45, 7) is 2.33. The molecule has 1 unspecified atom stereocenters. The van der Waals surface area contributed by atoms with Crippen LogP contribution in [0.5, 0.6) is 0 Å². The highest BCUT2D eigenvalue weighted by Crippen LogP contribution is 2.53. The van der Waals surface area contributed by atoms with Crippen molar-refractivity contribution in [2.24, 2.45) is 23.7 Å². The molecule has 1 N–H and O–H groups in total. The van der Waals surface area contributed by atoms with Gasteiger partial charge in [-0.3, -0.25) is 4.79 Å². The third-order valence-corrected chi connectivity index (χ3v) is 9.23. The molecule has 29 heavy (non-hydrogen) atoms. The highest BCUT2D eigenvalue weighted by Gasteiger charge is 2.41. The second-order valence-electron chi connectivity index (χ2n) is 9.54. The van der Waals surface area contributed by atoms with Crippen molar-refractivity contribution in [3.63, 3.8) is 0 Å². The van der Waals surface area contributed by atoms with Crippen LogP contribution in [-0.2, 0) is 14.8 Å². The molecule has 5 fully saturated rings. The van der Waals surface area contributed by atoms with Gasteiger partial charge in [0, 0.05) is 26.1 Å². The number of sulfonamides is 1. The molecular weight excluding hydrogens is 384 g/mol. The maximum Gasteiger partial charge on any atom is 0.243 e. The molecule has 1 heterocycles. The largest absolute Gasteiger partial charge is 0.355 e. The van der Waals surface area contributed by atoms with E-state index in [1.54, 1.807) is 68.9 Å². The lowest BCUT2D eigenvalue weighted by molar-refractivity contribution is -0.119. The molecule has 1 atom stereocenters. The first kappa shape index (κ1) is 20.9. The van der Waals surface area contributed by atoms with E-state index in [-0.39, 0.29) is 11.9 Å². The van der Waals surface area contributed by atoms with Gasteiger partial charge in [0.25, 0.3) is 0 Å². The Kier molecular flexibility index (Phi) is 6.30. The topological polar surface area (TPSA) is 66.5 Å². The highest BCUT2D eigenvalue weighted by atomic mass is 32.2. The van der Waals surface area contributed by atoms with E-state index in [4.69, 9.17) is 0 Å². The minimum Gasteiger partial charge on any atom is -0.355 e. The Balaban J connectivity index is 0.000000168. The number of amides is 1. The van der Waals surface area contributed by atoms with Crippen molar-refractivity contribution in [1.82, 2.24) is 9.62 Å². The van der Waals surface area contributed by atoms with Crippen molar-refractivity contribution in [1.29, 1.82) is 0 Å². The van der Waals surface area contributed by atoms with Crippen LogP contribution in [0.2, 0.25) is 0 Å². The molecule has 0 aromatic heterocycles. The van der Waals surface area contributed by atoms with Gasteiger partial charge in [0.05, 0.1) is 4.90 Å². The number of nitrogens with one attached hydrogen (secondary N) is 1. The number of hydrogen-bond donors (Lipinski definition) is 1. The Morgan fingerprint density at radius 1 is 0.966 bits per heavy atom. The molecule has 0 spiro atoms. The molecular formula is C23H34N2O3S. The Bertz CT molecular complexity index is 752. The zero-order chi connectivity index (χ0) is 20.4. The summed E-state index contributed by atoms with van der Waals surface area (Å²) in [6, 6.07) is 8.27. The summed E-state index contributed by atoms with van der Waals surface area (Å²) >= 11 is 0. The summed E-state index contributed by atoms with van der Waals surface area (Å²) in [5.74, 6) is 4.57. The van der Waals surface area contributed by atoms with Crippen LogP contribution in [0.4, 0.5) is 0 Å². The molecule has 5 nitrogen and oxygen atoms in total. The molecule has 6 rings (SSSR count). The Morgan fingerprint density at radius 3 is 1.97 bits per heavy atom. The van der Waals surface area contributed by atoms with Crippen LogP contribution in [0.25, 0.3) is 0 Å². The van der Waals surface area contributed by atoms with Crippen LogP contribution in [0.1, 0.15) is 58.3 Å². The van der Waals surface area contributed by atoms with Gasteiger partial charge in [0.1, 0.15) is 0 Å². The van der Waals surface area contributed by atoms with Crippen LogP contribution < -0.4 is 5.32 Å². The van der Waals surface area contributed by atoms with Gasteiger partial charge in [0.2, 0.25) is 15.9 Å². The van der Waals surface area contributed by atoms with Gasteiger partial charge < -0.3 is 5.32 Å². The average Bonchev–Trinajstić information content (AvgIpc) is 3.16. The summed E-state index contributed by atoms with van der Waals surface area (Å²) in [5.41, 5.74) is 0. The number of rotatable bonds is 4. The van der Waals surface area contributed by atoms with Crippen LogP contribution in [0.3, 0.4) is 0 Å². The van der Waals surface area contributed by atoms with Crippen LogP contribution in [0.15, 0.2) is 35.2 Å². The number of carbonyl (C=O) groups is 1. The van der Waals surface area contributed by atoms with Crippen molar-refractivity contribution in [3.8, 4) is 0 Å². The molecule has 1 amide bonds. The van der Waals surface area contributed by atoms with E-state index in [1.165, 1.54) is 34.9 Å². The average molecular weight is 419 g/mol. The van der Waals surface area contributed by atoms with Crippen LogP contribution in [-0.4, -0.2) is 37.8 Å². The molecule has 4 bridgehead atoms. The quantitative estimate of drug-likeness (QED) is 0.809. The van der Waals surface area contributed by atoms with E-state index in [2.05, 4.69) is 5.32 Å². The third kappa shape index (κ3) is 4.85. The zero-order valence-corrected chi connectivity index (χ0v) is 18.2. The predicted molar refractivity (Wildman–Crippen MR) is 114 cm³/mol. The number of carbonyl (C=O) groups excluding carboxylic acids is 1. The molecule has 1 aromatic carbocycles. The van der Waals surface area contributed by atoms with E-state index >= 15 is 0 Å². The lowest BCUT2D eigenvalue weighted by Gasteiger charge is -2.49. The second kappa shape index (κ2) is 8.76. The first-order chi connectivity index (χ1) is 13.9. The first-order valence-electron chi connectivity index (χ1n) is 11.2. The zero-order valence-electron chi connectivity index (χ0n) is 17.4. The molecule has 1 aliphatic heterocycles. The molecule has 1 aromatic rings. The van der Waals surface area contributed by atoms with Gasteiger partial charge in [-0.2, -0.15) is 4.31 Å². The molecule has 0 radical (unpaired) electrons.